The van der Waals surface area contributed by atoms with Crippen LogP contribution in [0.5, 0.6) is 11.5 Å². The van der Waals surface area contributed by atoms with E-state index in [9.17, 15) is 19.8 Å². The third kappa shape index (κ3) is 3.01. The first-order chi connectivity index (χ1) is 9.49. The van der Waals surface area contributed by atoms with Crippen molar-refractivity contribution >= 4 is 11.9 Å². The lowest BCUT2D eigenvalue weighted by atomic mass is 9.98. The summed E-state index contributed by atoms with van der Waals surface area (Å²) in [6.45, 7) is 0.483. The number of likely N-dealkylation sites (tertiary alicyclic amines) is 1. The molecule has 6 heteroatoms. The van der Waals surface area contributed by atoms with Gasteiger partial charge in [0.15, 0.2) is 0 Å². The summed E-state index contributed by atoms with van der Waals surface area (Å²) >= 11 is 0. The predicted octanol–water partition coefficient (Wildman–Crippen LogP) is 1.57. The van der Waals surface area contributed by atoms with Crippen molar-refractivity contribution in [3.8, 4) is 11.5 Å². The fourth-order valence-electron chi connectivity index (χ4n) is 2.54. The van der Waals surface area contributed by atoms with Crippen LogP contribution in [-0.4, -0.2) is 44.7 Å². The minimum atomic E-state index is -0.940. The molecular weight excluding hydrogens is 262 g/mol. The van der Waals surface area contributed by atoms with Gasteiger partial charge >= 0.3 is 5.97 Å². The highest BCUT2D eigenvalue weighted by molar-refractivity contribution is 5.97. The van der Waals surface area contributed by atoms with Gasteiger partial charge in [-0.25, -0.2) is 0 Å². The maximum absolute atomic E-state index is 12.4. The number of phenols is 2. The zero-order valence-corrected chi connectivity index (χ0v) is 11.0. The molecule has 0 aliphatic carbocycles. The Bertz CT molecular complexity index is 528. The molecule has 1 saturated heterocycles. The predicted molar refractivity (Wildman–Crippen MR) is 70.7 cm³/mol. The van der Waals surface area contributed by atoms with Crippen molar-refractivity contribution in [2.75, 3.05) is 6.54 Å². The third-order valence-corrected chi connectivity index (χ3v) is 3.51. The summed E-state index contributed by atoms with van der Waals surface area (Å²) in [5, 5.41) is 27.9. The van der Waals surface area contributed by atoms with Crippen LogP contribution in [0.15, 0.2) is 18.2 Å². The number of rotatable bonds is 3. The summed E-state index contributed by atoms with van der Waals surface area (Å²) in [6.07, 6.45) is 2.27. The van der Waals surface area contributed by atoms with Crippen molar-refractivity contribution in [2.24, 2.45) is 0 Å². The molecule has 1 aromatic carbocycles. The molecule has 1 aromatic rings. The highest BCUT2D eigenvalue weighted by Gasteiger charge is 2.30. The molecule has 0 saturated carbocycles. The molecular formula is C14H17NO5. The number of aliphatic carboxylic acids is 1. The first-order valence-corrected chi connectivity index (χ1v) is 6.54. The Balaban J connectivity index is 2.22. The molecule has 0 aromatic heterocycles. The molecule has 1 aliphatic heterocycles. The van der Waals surface area contributed by atoms with Crippen LogP contribution < -0.4 is 0 Å². The van der Waals surface area contributed by atoms with Crippen LogP contribution in [-0.2, 0) is 4.79 Å². The quantitative estimate of drug-likeness (QED) is 0.780. The van der Waals surface area contributed by atoms with Gasteiger partial charge in [-0.05, 0) is 31.4 Å². The van der Waals surface area contributed by atoms with E-state index in [2.05, 4.69) is 0 Å². The van der Waals surface area contributed by atoms with Crippen molar-refractivity contribution in [3.05, 3.63) is 23.8 Å². The number of carboxylic acids is 1. The van der Waals surface area contributed by atoms with Gasteiger partial charge in [-0.15, -0.1) is 0 Å². The molecule has 1 atom stereocenters. The van der Waals surface area contributed by atoms with Crippen LogP contribution >= 0.6 is 0 Å². The standard InChI is InChI=1S/C14H17NO5/c16-10-4-5-11(12(17)8-10)14(20)15-6-2-1-3-9(15)7-13(18)19/h4-5,8-9,16-17H,1-3,6-7H2,(H,18,19). The summed E-state index contributed by atoms with van der Waals surface area (Å²) in [6, 6.07) is 3.42. The number of amides is 1. The van der Waals surface area contributed by atoms with Gasteiger partial charge in [0, 0.05) is 18.7 Å². The van der Waals surface area contributed by atoms with E-state index in [1.54, 1.807) is 0 Å². The highest BCUT2D eigenvalue weighted by Crippen LogP contribution is 2.27. The van der Waals surface area contributed by atoms with Gasteiger partial charge in [-0.2, -0.15) is 0 Å². The Kier molecular flexibility index (Phi) is 4.12. The summed E-state index contributed by atoms with van der Waals surface area (Å²) < 4.78 is 0. The lowest BCUT2D eigenvalue weighted by Gasteiger charge is -2.35. The normalized spacial score (nSPS) is 18.8. The second-order valence-corrected chi connectivity index (χ2v) is 4.95. The molecule has 6 nitrogen and oxygen atoms in total. The minimum absolute atomic E-state index is 0.0834. The lowest BCUT2D eigenvalue weighted by molar-refractivity contribution is -0.138. The number of piperidine rings is 1. The summed E-state index contributed by atoms with van der Waals surface area (Å²) in [4.78, 5) is 24.8. The van der Waals surface area contributed by atoms with Crippen LogP contribution in [0.1, 0.15) is 36.0 Å². The topological polar surface area (TPSA) is 98.1 Å². The van der Waals surface area contributed by atoms with Gasteiger partial charge in [0.25, 0.3) is 5.91 Å². The molecule has 1 unspecified atom stereocenters. The van der Waals surface area contributed by atoms with Crippen LogP contribution in [0.25, 0.3) is 0 Å². The van der Waals surface area contributed by atoms with E-state index >= 15 is 0 Å². The van der Waals surface area contributed by atoms with Gasteiger partial charge in [0.1, 0.15) is 11.5 Å². The number of carboxylic acid groups (broad SMARTS) is 1. The van der Waals surface area contributed by atoms with Crippen LogP contribution in [0.2, 0.25) is 0 Å². The van der Waals surface area contributed by atoms with Gasteiger partial charge in [-0.1, -0.05) is 0 Å². The number of nitrogens with zero attached hydrogens (tertiary/aromatic N) is 1. The first kappa shape index (κ1) is 14.2. The van der Waals surface area contributed by atoms with Crippen molar-refractivity contribution in [1.29, 1.82) is 0 Å². The van der Waals surface area contributed by atoms with E-state index in [-0.39, 0.29) is 29.5 Å². The number of aromatic hydroxyl groups is 2. The molecule has 3 N–H and O–H groups in total. The van der Waals surface area contributed by atoms with Crippen LogP contribution in [0, 0.1) is 0 Å². The zero-order chi connectivity index (χ0) is 14.7. The second-order valence-electron chi connectivity index (χ2n) is 4.95. The van der Waals surface area contributed by atoms with Crippen LogP contribution in [0.4, 0.5) is 0 Å². The average Bonchev–Trinajstić information content (AvgIpc) is 2.38. The molecule has 20 heavy (non-hydrogen) atoms. The highest BCUT2D eigenvalue weighted by atomic mass is 16.4. The SMILES string of the molecule is O=C(O)CC1CCCCN1C(=O)c1ccc(O)cc1O. The molecule has 108 valence electrons. The Labute approximate surface area is 116 Å². The monoisotopic (exact) mass is 279 g/mol. The maximum Gasteiger partial charge on any atom is 0.305 e. The summed E-state index contributed by atoms with van der Waals surface area (Å²) in [7, 11) is 0. The molecule has 0 spiro atoms. The number of carbonyl (C=O) groups excluding carboxylic acids is 1. The molecule has 2 rings (SSSR count). The van der Waals surface area contributed by atoms with Crippen molar-refractivity contribution in [2.45, 2.75) is 31.7 Å². The lowest BCUT2D eigenvalue weighted by Crippen LogP contribution is -2.44. The average molecular weight is 279 g/mol. The number of hydrogen-bond acceptors (Lipinski definition) is 4. The van der Waals surface area contributed by atoms with Gasteiger partial charge in [-0.3, -0.25) is 9.59 Å². The Morgan fingerprint density at radius 2 is 2.00 bits per heavy atom. The smallest absolute Gasteiger partial charge is 0.305 e. The Hall–Kier alpha value is -2.24. The van der Waals surface area contributed by atoms with E-state index in [0.717, 1.165) is 18.9 Å². The van der Waals surface area contributed by atoms with Crippen LogP contribution in [0.3, 0.4) is 0 Å². The molecule has 1 amide bonds. The van der Waals surface area contributed by atoms with E-state index in [1.807, 2.05) is 0 Å². The molecule has 0 radical (unpaired) electrons. The molecule has 0 bridgehead atoms. The zero-order valence-electron chi connectivity index (χ0n) is 11.0. The van der Waals surface area contributed by atoms with Crippen molar-refractivity contribution in [1.82, 2.24) is 4.90 Å². The fourth-order valence-corrected chi connectivity index (χ4v) is 2.54. The largest absolute Gasteiger partial charge is 0.508 e. The molecule has 1 fully saturated rings. The van der Waals surface area contributed by atoms with Gasteiger partial charge < -0.3 is 20.2 Å². The second kappa shape index (κ2) is 5.81. The van der Waals surface area contributed by atoms with E-state index < -0.39 is 11.9 Å². The molecule has 1 aliphatic rings. The number of carbonyl (C=O) groups is 2. The number of phenolic OH excluding ortho intramolecular Hbond substituents is 2. The van der Waals surface area contributed by atoms with E-state index in [4.69, 9.17) is 5.11 Å². The summed E-state index contributed by atoms with van der Waals surface area (Å²) in [5.41, 5.74) is 0.0834. The Morgan fingerprint density at radius 1 is 1.25 bits per heavy atom. The number of benzene rings is 1. The maximum atomic E-state index is 12.4. The van der Waals surface area contributed by atoms with Crippen molar-refractivity contribution in [3.63, 3.8) is 0 Å². The molecule has 1 heterocycles. The van der Waals surface area contributed by atoms with E-state index in [0.29, 0.717) is 13.0 Å². The Morgan fingerprint density at radius 3 is 2.65 bits per heavy atom. The third-order valence-electron chi connectivity index (χ3n) is 3.51. The number of hydrogen-bond donors (Lipinski definition) is 3. The van der Waals surface area contributed by atoms with Gasteiger partial charge in [0.05, 0.1) is 12.0 Å². The van der Waals surface area contributed by atoms with E-state index in [1.165, 1.54) is 17.0 Å². The summed E-state index contributed by atoms with van der Waals surface area (Å²) in [5.74, 6) is -1.76. The first-order valence-electron chi connectivity index (χ1n) is 6.54. The fraction of sp³-hybridized carbons (Fsp3) is 0.429. The van der Waals surface area contributed by atoms with Gasteiger partial charge in [0.2, 0.25) is 0 Å². The van der Waals surface area contributed by atoms with Crippen molar-refractivity contribution < 1.29 is 24.9 Å². The minimum Gasteiger partial charge on any atom is -0.508 e.